The maximum Gasteiger partial charge on any atom is 0.257 e. The molecule has 0 saturated heterocycles. The van der Waals surface area contributed by atoms with Crippen molar-refractivity contribution in [2.45, 2.75) is 0 Å². The number of carbonyl (C=O) groups excluding carboxylic acids is 1. The van der Waals surface area contributed by atoms with E-state index in [1.807, 2.05) is 0 Å². The summed E-state index contributed by atoms with van der Waals surface area (Å²) in [4.78, 5) is 12.4. The Hall–Kier alpha value is -3.01. The summed E-state index contributed by atoms with van der Waals surface area (Å²) >= 11 is 0. The maximum absolute atomic E-state index is 13.5. The molecule has 0 unspecified atom stereocenters. The molecule has 0 radical (unpaired) electrons. The number of halogens is 1. The van der Waals surface area contributed by atoms with Gasteiger partial charge in [0.15, 0.2) is 0 Å². The highest BCUT2D eigenvalue weighted by Crippen LogP contribution is 2.21. The molecule has 0 saturated carbocycles. The van der Waals surface area contributed by atoms with E-state index in [4.69, 9.17) is 0 Å². The van der Waals surface area contributed by atoms with Crippen molar-refractivity contribution in [2.24, 2.45) is 0 Å². The fourth-order valence-corrected chi connectivity index (χ4v) is 2.69. The molecule has 124 valence electrons. The van der Waals surface area contributed by atoms with Crippen LogP contribution in [0.4, 0.5) is 15.8 Å². The van der Waals surface area contributed by atoms with Gasteiger partial charge in [0.2, 0.25) is 10.0 Å². The zero-order chi connectivity index (χ0) is 17.3. The number of benzene rings is 2. The second-order valence-corrected chi connectivity index (χ2v) is 6.79. The zero-order valence-corrected chi connectivity index (χ0v) is 13.2. The van der Waals surface area contributed by atoms with Crippen LogP contribution in [0.2, 0.25) is 0 Å². The Bertz CT molecular complexity index is 1030. The van der Waals surface area contributed by atoms with E-state index in [1.165, 1.54) is 6.07 Å². The minimum atomic E-state index is -3.62. The molecule has 0 atom stereocenters. The number of H-pyrrole nitrogens is 1. The fraction of sp³-hybridized carbons (Fsp3) is 0.0714. The third kappa shape index (κ3) is 3.49. The Kier molecular flexibility index (Phi) is 3.89. The van der Waals surface area contributed by atoms with Crippen molar-refractivity contribution in [2.75, 3.05) is 16.3 Å². The van der Waals surface area contributed by atoms with Crippen molar-refractivity contribution in [3.8, 4) is 0 Å². The van der Waals surface area contributed by atoms with Crippen LogP contribution in [-0.4, -0.2) is 36.0 Å². The Labute approximate surface area is 136 Å². The lowest BCUT2D eigenvalue weighted by Gasteiger charge is -2.11. The summed E-state index contributed by atoms with van der Waals surface area (Å²) in [5.74, 6) is -1.32. The van der Waals surface area contributed by atoms with E-state index < -0.39 is 21.7 Å². The van der Waals surface area contributed by atoms with E-state index in [0.29, 0.717) is 16.7 Å². The molecule has 24 heavy (non-hydrogen) atoms. The van der Waals surface area contributed by atoms with Crippen LogP contribution in [0.25, 0.3) is 11.0 Å². The smallest absolute Gasteiger partial charge is 0.257 e. The molecule has 0 spiro atoms. The highest BCUT2D eigenvalue weighted by Gasteiger charge is 2.16. The molecule has 3 N–H and O–H groups in total. The van der Waals surface area contributed by atoms with E-state index in [1.54, 1.807) is 18.2 Å². The normalized spacial score (nSPS) is 11.4. The largest absolute Gasteiger partial charge is 0.322 e. The lowest BCUT2D eigenvalue weighted by atomic mass is 10.1. The van der Waals surface area contributed by atoms with E-state index in [2.05, 4.69) is 25.4 Å². The average Bonchev–Trinajstić information content (AvgIpc) is 2.95. The number of nitrogens with one attached hydrogen (secondary N) is 3. The van der Waals surface area contributed by atoms with Gasteiger partial charge in [-0.15, -0.1) is 0 Å². The summed E-state index contributed by atoms with van der Waals surface area (Å²) in [7, 11) is -3.62. The van der Waals surface area contributed by atoms with E-state index >= 15 is 0 Å². The molecular formula is C14H12FN5O3S. The molecule has 1 heterocycles. The summed E-state index contributed by atoms with van der Waals surface area (Å²) in [5, 5.41) is 12.8. The predicted molar refractivity (Wildman–Crippen MR) is 86.7 cm³/mol. The van der Waals surface area contributed by atoms with Crippen LogP contribution in [0.3, 0.4) is 0 Å². The molecule has 1 aromatic heterocycles. The summed E-state index contributed by atoms with van der Waals surface area (Å²) < 4.78 is 38.4. The Morgan fingerprint density at radius 3 is 2.62 bits per heavy atom. The van der Waals surface area contributed by atoms with Gasteiger partial charge in [-0.2, -0.15) is 15.4 Å². The molecule has 3 rings (SSSR count). The number of carbonyl (C=O) groups is 1. The SMILES string of the molecule is CS(=O)(=O)Nc1ccc(F)cc1C(=O)Nc1ccc2n[nH]nc2c1. The number of hydrogen-bond donors (Lipinski definition) is 3. The van der Waals surface area contributed by atoms with Crippen LogP contribution >= 0.6 is 0 Å². The van der Waals surface area contributed by atoms with Gasteiger partial charge in [-0.1, -0.05) is 0 Å². The third-order valence-corrected chi connectivity index (χ3v) is 3.69. The average molecular weight is 349 g/mol. The Morgan fingerprint density at radius 2 is 1.88 bits per heavy atom. The topological polar surface area (TPSA) is 117 Å². The van der Waals surface area contributed by atoms with Gasteiger partial charge < -0.3 is 5.32 Å². The maximum atomic E-state index is 13.5. The number of sulfonamides is 1. The summed E-state index contributed by atoms with van der Waals surface area (Å²) in [5.41, 5.74) is 1.43. The van der Waals surface area contributed by atoms with Gasteiger partial charge in [0, 0.05) is 5.69 Å². The number of nitrogens with zero attached hydrogens (tertiary/aromatic N) is 2. The number of hydrogen-bond acceptors (Lipinski definition) is 5. The number of rotatable bonds is 4. The second kappa shape index (κ2) is 5.89. The molecule has 0 bridgehead atoms. The molecule has 0 aliphatic carbocycles. The van der Waals surface area contributed by atoms with Crippen molar-refractivity contribution < 1.29 is 17.6 Å². The van der Waals surface area contributed by atoms with Crippen LogP contribution < -0.4 is 10.0 Å². The molecule has 0 aliphatic heterocycles. The number of aromatic amines is 1. The monoisotopic (exact) mass is 349 g/mol. The van der Waals surface area contributed by atoms with Gasteiger partial charge in [0.1, 0.15) is 16.9 Å². The summed E-state index contributed by atoms with van der Waals surface area (Å²) in [6.07, 6.45) is 0.941. The highest BCUT2D eigenvalue weighted by atomic mass is 32.2. The highest BCUT2D eigenvalue weighted by molar-refractivity contribution is 7.92. The van der Waals surface area contributed by atoms with Gasteiger partial charge >= 0.3 is 0 Å². The van der Waals surface area contributed by atoms with Crippen molar-refractivity contribution in [3.63, 3.8) is 0 Å². The zero-order valence-electron chi connectivity index (χ0n) is 12.4. The van der Waals surface area contributed by atoms with Crippen LogP contribution in [-0.2, 0) is 10.0 Å². The van der Waals surface area contributed by atoms with Crippen molar-refractivity contribution in [1.82, 2.24) is 15.4 Å². The first-order valence-electron chi connectivity index (χ1n) is 6.71. The Balaban J connectivity index is 1.92. The molecule has 10 heteroatoms. The minimum Gasteiger partial charge on any atom is -0.322 e. The molecule has 3 aromatic rings. The number of amides is 1. The van der Waals surface area contributed by atoms with Crippen LogP contribution in [0.5, 0.6) is 0 Å². The molecular weight excluding hydrogens is 337 g/mol. The molecule has 2 aromatic carbocycles. The molecule has 0 aliphatic rings. The summed E-state index contributed by atoms with van der Waals surface area (Å²) in [6.45, 7) is 0. The van der Waals surface area contributed by atoms with Crippen LogP contribution in [0.1, 0.15) is 10.4 Å². The quantitative estimate of drug-likeness (QED) is 0.663. The first-order valence-corrected chi connectivity index (χ1v) is 8.60. The van der Waals surface area contributed by atoms with Gasteiger partial charge in [-0.05, 0) is 36.4 Å². The van der Waals surface area contributed by atoms with Gasteiger partial charge in [0.25, 0.3) is 5.91 Å². The van der Waals surface area contributed by atoms with Crippen molar-refractivity contribution in [3.05, 3.63) is 47.8 Å². The van der Waals surface area contributed by atoms with E-state index in [0.717, 1.165) is 18.4 Å². The first-order chi connectivity index (χ1) is 11.3. The molecule has 1 amide bonds. The van der Waals surface area contributed by atoms with Gasteiger partial charge in [-0.25, -0.2) is 12.8 Å². The van der Waals surface area contributed by atoms with Crippen molar-refractivity contribution >= 4 is 38.3 Å². The molecule has 8 nitrogen and oxygen atoms in total. The third-order valence-electron chi connectivity index (χ3n) is 3.10. The standard InChI is InChI=1S/C14H12FN5O3S/c1-24(22,23)19-11-4-2-8(15)6-10(11)14(21)16-9-3-5-12-13(7-9)18-20-17-12/h2-7,19H,1H3,(H,16,21)(H,17,18,20). The van der Waals surface area contributed by atoms with Crippen LogP contribution in [0.15, 0.2) is 36.4 Å². The minimum absolute atomic E-state index is 0.0149. The second-order valence-electron chi connectivity index (χ2n) is 5.05. The lowest BCUT2D eigenvalue weighted by molar-refractivity contribution is 0.102. The first kappa shape index (κ1) is 15.9. The van der Waals surface area contributed by atoms with Gasteiger partial charge in [0.05, 0.1) is 17.5 Å². The predicted octanol–water partition coefficient (Wildman–Crippen LogP) is 1.72. The lowest BCUT2D eigenvalue weighted by Crippen LogP contribution is -2.17. The number of aromatic nitrogens is 3. The van der Waals surface area contributed by atoms with Crippen LogP contribution in [0, 0.1) is 5.82 Å². The molecule has 0 fully saturated rings. The van der Waals surface area contributed by atoms with Crippen molar-refractivity contribution in [1.29, 1.82) is 0 Å². The van der Waals surface area contributed by atoms with E-state index in [9.17, 15) is 17.6 Å². The summed E-state index contributed by atoms with van der Waals surface area (Å²) in [6, 6.07) is 8.04. The van der Waals surface area contributed by atoms with Gasteiger partial charge in [-0.3, -0.25) is 9.52 Å². The Morgan fingerprint density at radius 1 is 1.12 bits per heavy atom. The van der Waals surface area contributed by atoms with E-state index in [-0.39, 0.29) is 11.3 Å². The fourth-order valence-electron chi connectivity index (χ4n) is 2.11. The number of fused-ring (bicyclic) bond motifs is 1. The number of anilines is 2.